The average molecular weight is 337 g/mol. The van der Waals surface area contributed by atoms with Crippen molar-refractivity contribution in [3.05, 3.63) is 19.9 Å². The van der Waals surface area contributed by atoms with Gasteiger partial charge in [0.25, 0.3) is 5.91 Å². The van der Waals surface area contributed by atoms with Crippen LogP contribution in [0.2, 0.25) is 0 Å². The zero-order valence-electron chi connectivity index (χ0n) is 8.16. The summed E-state index contributed by atoms with van der Waals surface area (Å²) in [4.78, 5) is 11.8. The number of halogens is 1. The molecule has 0 bridgehead atoms. The molecule has 1 unspecified atom stereocenters. The first kappa shape index (κ1) is 11.3. The van der Waals surface area contributed by atoms with Gasteiger partial charge in [0, 0.05) is 12.0 Å². The summed E-state index contributed by atoms with van der Waals surface area (Å²) in [7, 11) is 0. The highest BCUT2D eigenvalue weighted by atomic mass is 127. The Morgan fingerprint density at radius 3 is 3.13 bits per heavy atom. The van der Waals surface area contributed by atoms with Gasteiger partial charge in [-0.2, -0.15) is 0 Å². The Labute approximate surface area is 106 Å². The second-order valence-corrected chi connectivity index (χ2v) is 6.33. The van der Waals surface area contributed by atoms with E-state index in [2.05, 4.69) is 27.9 Å². The van der Waals surface area contributed by atoms with Crippen LogP contribution in [0.25, 0.3) is 0 Å². The number of rotatable bonds is 2. The Morgan fingerprint density at radius 1 is 1.67 bits per heavy atom. The van der Waals surface area contributed by atoms with Crippen molar-refractivity contribution in [3.8, 4) is 0 Å². The van der Waals surface area contributed by atoms with Crippen LogP contribution < -0.4 is 5.32 Å². The van der Waals surface area contributed by atoms with Crippen molar-refractivity contribution in [1.29, 1.82) is 0 Å². The summed E-state index contributed by atoms with van der Waals surface area (Å²) in [6.07, 6.45) is 2.05. The van der Waals surface area contributed by atoms with Crippen LogP contribution in [0.3, 0.4) is 0 Å². The van der Waals surface area contributed by atoms with Crippen molar-refractivity contribution >= 4 is 39.8 Å². The van der Waals surface area contributed by atoms with Gasteiger partial charge in [0.2, 0.25) is 0 Å². The maximum atomic E-state index is 11.8. The number of ether oxygens (including phenoxy) is 1. The molecule has 0 aromatic carbocycles. The van der Waals surface area contributed by atoms with Gasteiger partial charge < -0.3 is 10.1 Å². The van der Waals surface area contributed by atoms with Crippen molar-refractivity contribution in [1.82, 2.24) is 5.32 Å². The summed E-state index contributed by atoms with van der Waals surface area (Å²) in [5.74, 6) is 0.0182. The van der Waals surface area contributed by atoms with Gasteiger partial charge in [0.05, 0.1) is 21.1 Å². The first-order valence-electron chi connectivity index (χ1n) is 4.88. The number of carbonyl (C=O) groups is 1. The molecule has 2 rings (SSSR count). The lowest BCUT2D eigenvalue weighted by Crippen LogP contribution is -2.40. The quantitative estimate of drug-likeness (QED) is 0.841. The smallest absolute Gasteiger partial charge is 0.252 e. The molecule has 3 nitrogen and oxygen atoms in total. The van der Waals surface area contributed by atoms with E-state index in [1.165, 1.54) is 0 Å². The van der Waals surface area contributed by atoms with Crippen LogP contribution in [0.1, 0.15) is 23.2 Å². The molecule has 82 valence electrons. The molecule has 15 heavy (non-hydrogen) atoms. The lowest BCUT2D eigenvalue weighted by Gasteiger charge is -2.22. The molecule has 1 aliphatic rings. The standard InChI is InChI=1S/C10H12INO2S/c11-9-4-7(6-15-9)10(13)12-8-2-1-3-14-5-8/h4,6,8H,1-3,5H2,(H,12,13). The summed E-state index contributed by atoms with van der Waals surface area (Å²) in [6.45, 7) is 1.47. The zero-order chi connectivity index (χ0) is 10.7. The fourth-order valence-electron chi connectivity index (χ4n) is 1.55. The summed E-state index contributed by atoms with van der Waals surface area (Å²) in [6, 6.07) is 2.09. The molecular weight excluding hydrogens is 325 g/mol. The van der Waals surface area contributed by atoms with E-state index in [4.69, 9.17) is 4.74 Å². The molecule has 1 aromatic rings. The second-order valence-electron chi connectivity index (χ2n) is 3.53. The van der Waals surface area contributed by atoms with Gasteiger partial charge in [0.15, 0.2) is 0 Å². The molecule has 1 aliphatic heterocycles. The lowest BCUT2D eigenvalue weighted by molar-refractivity contribution is 0.0624. The number of thiophene rings is 1. The number of nitrogens with one attached hydrogen (secondary N) is 1. The Kier molecular flexibility index (Phi) is 3.99. The summed E-state index contributed by atoms with van der Waals surface area (Å²) in [5.41, 5.74) is 0.759. The predicted octanol–water partition coefficient (Wildman–Crippen LogP) is 2.26. The van der Waals surface area contributed by atoms with E-state index in [9.17, 15) is 4.79 Å². The molecule has 0 spiro atoms. The highest BCUT2D eigenvalue weighted by molar-refractivity contribution is 14.1. The zero-order valence-corrected chi connectivity index (χ0v) is 11.1. The molecule has 0 saturated carbocycles. The summed E-state index contributed by atoms with van der Waals surface area (Å²) in [5, 5.41) is 4.88. The van der Waals surface area contributed by atoms with Gasteiger partial charge in [-0.1, -0.05) is 0 Å². The Bertz CT molecular complexity index is 347. The summed E-state index contributed by atoms with van der Waals surface area (Å²) >= 11 is 3.81. The molecule has 0 aliphatic carbocycles. The molecule has 1 fully saturated rings. The van der Waals surface area contributed by atoms with Gasteiger partial charge in [-0.3, -0.25) is 4.79 Å². The predicted molar refractivity (Wildman–Crippen MR) is 68.3 cm³/mol. The number of hydrogen-bond donors (Lipinski definition) is 1. The molecular formula is C10H12INO2S. The fraction of sp³-hybridized carbons (Fsp3) is 0.500. The normalized spacial score (nSPS) is 21.3. The third kappa shape index (κ3) is 3.15. The highest BCUT2D eigenvalue weighted by Crippen LogP contribution is 2.17. The Balaban J connectivity index is 1.91. The minimum Gasteiger partial charge on any atom is -0.379 e. The van der Waals surface area contributed by atoms with Crippen molar-refractivity contribution in [2.24, 2.45) is 0 Å². The van der Waals surface area contributed by atoms with E-state index in [1.807, 2.05) is 11.4 Å². The van der Waals surface area contributed by atoms with Crippen LogP contribution in [0, 0.1) is 2.88 Å². The minimum absolute atomic E-state index is 0.0182. The van der Waals surface area contributed by atoms with Gasteiger partial charge >= 0.3 is 0 Å². The maximum Gasteiger partial charge on any atom is 0.252 e. The molecule has 1 aromatic heterocycles. The first-order chi connectivity index (χ1) is 7.25. The minimum atomic E-state index is 0.0182. The van der Waals surface area contributed by atoms with E-state index in [-0.39, 0.29) is 11.9 Å². The summed E-state index contributed by atoms with van der Waals surface area (Å²) < 4.78 is 6.45. The molecule has 1 saturated heterocycles. The molecule has 5 heteroatoms. The lowest BCUT2D eigenvalue weighted by atomic mass is 10.1. The van der Waals surface area contributed by atoms with Crippen LogP contribution in [0.15, 0.2) is 11.4 Å². The van der Waals surface area contributed by atoms with Crippen LogP contribution in [-0.4, -0.2) is 25.2 Å². The Hall–Kier alpha value is -0.140. The Morgan fingerprint density at radius 2 is 2.53 bits per heavy atom. The van der Waals surface area contributed by atoms with E-state index in [0.717, 1.165) is 27.9 Å². The van der Waals surface area contributed by atoms with E-state index >= 15 is 0 Å². The third-order valence-corrected chi connectivity index (χ3v) is 4.11. The molecule has 1 atom stereocenters. The maximum absolute atomic E-state index is 11.8. The molecule has 2 heterocycles. The number of amides is 1. The topological polar surface area (TPSA) is 38.3 Å². The monoisotopic (exact) mass is 337 g/mol. The van der Waals surface area contributed by atoms with Gasteiger partial charge in [-0.25, -0.2) is 0 Å². The molecule has 1 N–H and O–H groups in total. The largest absolute Gasteiger partial charge is 0.379 e. The third-order valence-electron chi connectivity index (χ3n) is 2.33. The van der Waals surface area contributed by atoms with E-state index in [0.29, 0.717) is 6.61 Å². The van der Waals surface area contributed by atoms with E-state index in [1.54, 1.807) is 11.3 Å². The van der Waals surface area contributed by atoms with Crippen LogP contribution in [0.5, 0.6) is 0 Å². The second kappa shape index (κ2) is 5.27. The average Bonchev–Trinajstić information content (AvgIpc) is 2.66. The van der Waals surface area contributed by atoms with Crippen molar-refractivity contribution < 1.29 is 9.53 Å². The number of hydrogen-bond acceptors (Lipinski definition) is 3. The van der Waals surface area contributed by atoms with E-state index < -0.39 is 0 Å². The number of carbonyl (C=O) groups excluding carboxylic acids is 1. The SMILES string of the molecule is O=C(NC1CCCOC1)c1csc(I)c1. The van der Waals surface area contributed by atoms with Crippen molar-refractivity contribution in [2.75, 3.05) is 13.2 Å². The van der Waals surface area contributed by atoms with Crippen LogP contribution in [-0.2, 0) is 4.74 Å². The van der Waals surface area contributed by atoms with Gasteiger partial charge in [-0.05, 0) is 41.5 Å². The van der Waals surface area contributed by atoms with Gasteiger partial charge in [-0.15, -0.1) is 11.3 Å². The van der Waals surface area contributed by atoms with Crippen LogP contribution in [0.4, 0.5) is 0 Å². The van der Waals surface area contributed by atoms with Crippen LogP contribution >= 0.6 is 33.9 Å². The van der Waals surface area contributed by atoms with Crippen molar-refractivity contribution in [2.45, 2.75) is 18.9 Å². The highest BCUT2D eigenvalue weighted by Gasteiger charge is 2.17. The van der Waals surface area contributed by atoms with Crippen molar-refractivity contribution in [3.63, 3.8) is 0 Å². The molecule has 1 amide bonds. The molecule has 0 radical (unpaired) electrons. The first-order valence-corrected chi connectivity index (χ1v) is 6.84. The fourth-order valence-corrected chi connectivity index (χ4v) is 2.88. The van der Waals surface area contributed by atoms with Gasteiger partial charge in [0.1, 0.15) is 0 Å².